The lowest BCUT2D eigenvalue weighted by molar-refractivity contribution is 0.00693. The van der Waals surface area contributed by atoms with E-state index >= 15 is 0 Å². The van der Waals surface area contributed by atoms with Crippen LogP contribution in [-0.2, 0) is 4.74 Å². The van der Waals surface area contributed by atoms with Crippen molar-refractivity contribution in [2.24, 2.45) is 0 Å². The minimum absolute atomic E-state index is 0.363. The average Bonchev–Trinajstić information content (AvgIpc) is 2.06. The van der Waals surface area contributed by atoms with Gasteiger partial charge in [-0.25, -0.2) is 4.79 Å². The maximum atomic E-state index is 11.6. The highest BCUT2D eigenvalue weighted by molar-refractivity contribution is 7.80. The molecule has 0 fully saturated rings. The zero-order chi connectivity index (χ0) is 11.6. The summed E-state index contributed by atoms with van der Waals surface area (Å²) < 4.78 is 5.20. The highest BCUT2D eigenvalue weighted by atomic mass is 32.1. The number of carbonyl (C=O) groups is 1. The highest BCUT2D eigenvalue weighted by Gasteiger charge is 2.17. The Balaban J connectivity index is 2.88. The van der Waals surface area contributed by atoms with Crippen molar-refractivity contribution in [1.82, 2.24) is 0 Å². The van der Waals surface area contributed by atoms with Gasteiger partial charge in [-0.05, 0) is 39.0 Å². The van der Waals surface area contributed by atoms with Crippen molar-refractivity contribution in [3.8, 4) is 0 Å². The molecule has 0 saturated heterocycles. The normalized spacial score (nSPS) is 11.2. The lowest BCUT2D eigenvalue weighted by Crippen LogP contribution is -2.23. The van der Waals surface area contributed by atoms with Crippen molar-refractivity contribution in [3.05, 3.63) is 23.8 Å². The summed E-state index contributed by atoms with van der Waals surface area (Å²) in [5, 5.41) is 0. The van der Waals surface area contributed by atoms with Gasteiger partial charge in [-0.15, -0.1) is 12.6 Å². The second-order valence-corrected chi connectivity index (χ2v) is 4.76. The zero-order valence-electron chi connectivity index (χ0n) is 9.07. The number of rotatable bonds is 1. The molecule has 0 aliphatic heterocycles. The average molecular weight is 225 g/mol. The van der Waals surface area contributed by atoms with Crippen molar-refractivity contribution in [2.75, 3.05) is 5.73 Å². The van der Waals surface area contributed by atoms with E-state index in [0.717, 1.165) is 0 Å². The molecule has 0 spiro atoms. The first-order valence-electron chi connectivity index (χ1n) is 4.61. The van der Waals surface area contributed by atoms with E-state index in [4.69, 9.17) is 10.5 Å². The van der Waals surface area contributed by atoms with E-state index < -0.39 is 5.60 Å². The number of benzene rings is 1. The van der Waals surface area contributed by atoms with Crippen LogP contribution in [-0.4, -0.2) is 11.6 Å². The molecule has 0 heterocycles. The van der Waals surface area contributed by atoms with E-state index in [9.17, 15) is 4.79 Å². The van der Waals surface area contributed by atoms with E-state index in [1.165, 1.54) is 0 Å². The predicted octanol–water partition coefficient (Wildman–Crippen LogP) is 2.51. The summed E-state index contributed by atoms with van der Waals surface area (Å²) in [6.07, 6.45) is 0. The third-order valence-electron chi connectivity index (χ3n) is 1.67. The quantitative estimate of drug-likeness (QED) is 0.438. The Morgan fingerprint density at radius 1 is 1.40 bits per heavy atom. The van der Waals surface area contributed by atoms with Crippen LogP contribution in [0, 0.1) is 0 Å². The topological polar surface area (TPSA) is 52.3 Å². The van der Waals surface area contributed by atoms with Crippen LogP contribution in [0.5, 0.6) is 0 Å². The standard InChI is InChI=1S/C11H15NO2S/c1-11(2,3)14-10(13)7-4-5-8(12)9(15)6-7/h4-6,15H,12H2,1-3H3. The largest absolute Gasteiger partial charge is 0.456 e. The van der Waals surface area contributed by atoms with Crippen molar-refractivity contribution in [2.45, 2.75) is 31.3 Å². The molecule has 0 amide bonds. The Kier molecular flexibility index (Phi) is 3.29. The molecular formula is C11H15NO2S. The van der Waals surface area contributed by atoms with Crippen LogP contribution in [0.15, 0.2) is 23.1 Å². The SMILES string of the molecule is CC(C)(C)OC(=O)c1ccc(N)c(S)c1. The fourth-order valence-corrected chi connectivity index (χ4v) is 1.22. The maximum Gasteiger partial charge on any atom is 0.338 e. The molecule has 4 heteroatoms. The molecule has 2 N–H and O–H groups in total. The maximum absolute atomic E-state index is 11.6. The van der Waals surface area contributed by atoms with Crippen molar-refractivity contribution >= 4 is 24.3 Å². The van der Waals surface area contributed by atoms with Gasteiger partial charge in [-0.1, -0.05) is 0 Å². The number of ether oxygens (including phenoxy) is 1. The summed E-state index contributed by atoms with van der Waals surface area (Å²) in [7, 11) is 0. The molecule has 82 valence electrons. The fourth-order valence-electron chi connectivity index (χ4n) is 1.01. The first-order chi connectivity index (χ1) is 6.79. The van der Waals surface area contributed by atoms with E-state index in [-0.39, 0.29) is 5.97 Å². The number of anilines is 1. The zero-order valence-corrected chi connectivity index (χ0v) is 9.97. The van der Waals surface area contributed by atoms with Gasteiger partial charge in [0.15, 0.2) is 0 Å². The number of nitrogen functional groups attached to an aromatic ring is 1. The van der Waals surface area contributed by atoms with Gasteiger partial charge < -0.3 is 10.5 Å². The van der Waals surface area contributed by atoms with Crippen LogP contribution < -0.4 is 5.73 Å². The van der Waals surface area contributed by atoms with Gasteiger partial charge in [0.25, 0.3) is 0 Å². The number of esters is 1. The molecular weight excluding hydrogens is 210 g/mol. The van der Waals surface area contributed by atoms with Crippen LogP contribution in [0.2, 0.25) is 0 Å². The Morgan fingerprint density at radius 3 is 2.47 bits per heavy atom. The lowest BCUT2D eigenvalue weighted by Gasteiger charge is -2.19. The van der Waals surface area contributed by atoms with Crippen molar-refractivity contribution in [3.63, 3.8) is 0 Å². The summed E-state index contributed by atoms with van der Waals surface area (Å²) in [5.41, 5.74) is 6.11. The smallest absolute Gasteiger partial charge is 0.338 e. The predicted molar refractivity (Wildman–Crippen MR) is 63.3 cm³/mol. The molecule has 3 nitrogen and oxygen atoms in total. The monoisotopic (exact) mass is 225 g/mol. The molecule has 1 aromatic carbocycles. The summed E-state index contributed by atoms with van der Waals surface area (Å²) in [5.74, 6) is -0.363. The van der Waals surface area contributed by atoms with E-state index in [2.05, 4.69) is 12.6 Å². The number of hydrogen-bond donors (Lipinski definition) is 2. The van der Waals surface area contributed by atoms with Gasteiger partial charge in [-0.3, -0.25) is 0 Å². The molecule has 0 atom stereocenters. The number of nitrogens with two attached hydrogens (primary N) is 1. The van der Waals surface area contributed by atoms with E-state index in [1.807, 2.05) is 20.8 Å². The molecule has 0 aliphatic carbocycles. The minimum atomic E-state index is -0.491. The third kappa shape index (κ3) is 3.47. The van der Waals surface area contributed by atoms with Crippen LogP contribution in [0.1, 0.15) is 31.1 Å². The van der Waals surface area contributed by atoms with Crippen molar-refractivity contribution < 1.29 is 9.53 Å². The number of carbonyl (C=O) groups excluding carboxylic acids is 1. The highest BCUT2D eigenvalue weighted by Crippen LogP contribution is 2.19. The van der Waals surface area contributed by atoms with Crippen molar-refractivity contribution in [1.29, 1.82) is 0 Å². The molecule has 1 aromatic rings. The minimum Gasteiger partial charge on any atom is -0.456 e. The van der Waals surface area contributed by atoms with Gasteiger partial charge >= 0.3 is 5.97 Å². The first-order valence-corrected chi connectivity index (χ1v) is 5.06. The van der Waals surface area contributed by atoms with Crippen LogP contribution in [0.3, 0.4) is 0 Å². The second-order valence-electron chi connectivity index (χ2n) is 4.28. The van der Waals surface area contributed by atoms with Crippen LogP contribution in [0.25, 0.3) is 0 Å². The molecule has 15 heavy (non-hydrogen) atoms. The summed E-state index contributed by atoms with van der Waals surface area (Å²) in [6.45, 7) is 5.47. The van der Waals surface area contributed by atoms with Gasteiger partial charge in [0.1, 0.15) is 5.60 Å². The Hall–Kier alpha value is -1.16. The fraction of sp³-hybridized carbons (Fsp3) is 0.364. The molecule has 0 radical (unpaired) electrons. The van der Waals surface area contributed by atoms with Crippen LogP contribution in [0.4, 0.5) is 5.69 Å². The Bertz CT molecular complexity index is 383. The van der Waals surface area contributed by atoms with Crippen LogP contribution >= 0.6 is 12.6 Å². The Labute approximate surface area is 95.0 Å². The molecule has 0 saturated carbocycles. The summed E-state index contributed by atoms with van der Waals surface area (Å²) in [6, 6.07) is 4.87. The molecule has 0 bridgehead atoms. The Morgan fingerprint density at radius 2 is 2.00 bits per heavy atom. The van der Waals surface area contributed by atoms with E-state index in [1.54, 1.807) is 18.2 Å². The van der Waals surface area contributed by atoms with Gasteiger partial charge in [0.05, 0.1) is 5.56 Å². The molecule has 0 aliphatic rings. The van der Waals surface area contributed by atoms with Gasteiger partial charge in [0.2, 0.25) is 0 Å². The first kappa shape index (κ1) is 11.9. The van der Waals surface area contributed by atoms with E-state index in [0.29, 0.717) is 16.1 Å². The molecule has 1 rings (SSSR count). The molecule has 0 aromatic heterocycles. The van der Waals surface area contributed by atoms with Gasteiger partial charge in [-0.2, -0.15) is 0 Å². The third-order valence-corrected chi connectivity index (χ3v) is 2.05. The lowest BCUT2D eigenvalue weighted by atomic mass is 10.1. The number of thiol groups is 1. The molecule has 0 unspecified atom stereocenters. The van der Waals surface area contributed by atoms with Gasteiger partial charge in [0, 0.05) is 10.6 Å². The second kappa shape index (κ2) is 4.14. The summed E-state index contributed by atoms with van der Waals surface area (Å²) in [4.78, 5) is 12.2. The summed E-state index contributed by atoms with van der Waals surface area (Å²) >= 11 is 4.14. The number of hydrogen-bond acceptors (Lipinski definition) is 4.